The van der Waals surface area contributed by atoms with Crippen LogP contribution in [0.3, 0.4) is 0 Å². The zero-order chi connectivity index (χ0) is 19.5. The zero-order valence-electron chi connectivity index (χ0n) is 15.9. The Hall–Kier alpha value is -2.69. The number of hydrogen-bond donors (Lipinski definition) is 2. The molecule has 0 bridgehead atoms. The summed E-state index contributed by atoms with van der Waals surface area (Å²) >= 11 is 0. The lowest BCUT2D eigenvalue weighted by Gasteiger charge is -2.14. The van der Waals surface area contributed by atoms with Crippen molar-refractivity contribution in [3.8, 4) is 11.3 Å². The fourth-order valence-corrected chi connectivity index (χ4v) is 2.95. The molecule has 1 amide bonds. The quantitative estimate of drug-likeness (QED) is 0.564. The Morgan fingerprint density at radius 3 is 2.37 bits per heavy atom. The monoisotopic (exact) mass is 368 g/mol. The van der Waals surface area contributed by atoms with Crippen molar-refractivity contribution in [2.75, 3.05) is 0 Å². The fourth-order valence-electron chi connectivity index (χ4n) is 2.95. The van der Waals surface area contributed by atoms with E-state index in [-0.39, 0.29) is 5.69 Å². The predicted octanol–water partition coefficient (Wildman–Crippen LogP) is 4.68. The van der Waals surface area contributed by atoms with Gasteiger partial charge in [-0.2, -0.15) is 0 Å². The summed E-state index contributed by atoms with van der Waals surface area (Å²) in [5.41, 5.74) is 1.82. The van der Waals surface area contributed by atoms with E-state index in [1.165, 1.54) is 19.3 Å². The second-order valence-corrected chi connectivity index (χ2v) is 6.69. The molecule has 1 aromatic heterocycles. The lowest BCUT2D eigenvalue weighted by molar-refractivity contribution is -0.139. The molecule has 0 aliphatic carbocycles. The zero-order valence-corrected chi connectivity index (χ0v) is 15.9. The van der Waals surface area contributed by atoms with Crippen LogP contribution in [-0.2, 0) is 4.79 Å². The number of hydrogen-bond acceptors (Lipinski definition) is 3. The molecule has 0 saturated heterocycles. The van der Waals surface area contributed by atoms with Gasteiger partial charge in [0, 0.05) is 5.56 Å². The van der Waals surface area contributed by atoms with E-state index >= 15 is 0 Å². The van der Waals surface area contributed by atoms with E-state index in [4.69, 9.17) is 0 Å². The Labute approximate surface area is 160 Å². The molecule has 0 fully saturated rings. The number of carbonyl (C=O) groups is 2. The topological polar surface area (TPSA) is 79.3 Å². The van der Waals surface area contributed by atoms with Gasteiger partial charge in [0.1, 0.15) is 11.7 Å². The first-order chi connectivity index (χ1) is 13.1. The van der Waals surface area contributed by atoms with E-state index in [0.717, 1.165) is 24.8 Å². The molecule has 2 rings (SSSR count). The first-order valence-corrected chi connectivity index (χ1v) is 9.68. The summed E-state index contributed by atoms with van der Waals surface area (Å²) in [7, 11) is 0. The van der Waals surface area contributed by atoms with Crippen molar-refractivity contribution in [3.63, 3.8) is 0 Å². The standard InChI is InChI=1S/C22H28N2O3/c1-2-3-4-5-6-10-14-20(22(26)27)24-21(25)19-16-11-15-18(23-19)17-12-8-7-9-13-17/h7-9,11-13,15-16,20H,2-6,10,14H2,1H3,(H,24,25)(H,26,27). The number of nitrogens with one attached hydrogen (secondary N) is 1. The van der Waals surface area contributed by atoms with Gasteiger partial charge in [-0.05, 0) is 18.6 Å². The van der Waals surface area contributed by atoms with Crippen LogP contribution < -0.4 is 5.32 Å². The van der Waals surface area contributed by atoms with Crippen LogP contribution in [0.5, 0.6) is 0 Å². The maximum atomic E-state index is 12.5. The maximum absolute atomic E-state index is 12.5. The van der Waals surface area contributed by atoms with Crippen molar-refractivity contribution < 1.29 is 14.7 Å². The summed E-state index contributed by atoms with van der Waals surface area (Å²) in [6.45, 7) is 2.16. The Bertz CT molecular complexity index is 731. The van der Waals surface area contributed by atoms with E-state index in [9.17, 15) is 14.7 Å². The summed E-state index contributed by atoms with van der Waals surface area (Å²) in [4.78, 5) is 28.3. The summed E-state index contributed by atoms with van der Waals surface area (Å²) in [6.07, 6.45) is 6.89. The van der Waals surface area contributed by atoms with Crippen LogP contribution in [0.15, 0.2) is 48.5 Å². The van der Waals surface area contributed by atoms with Gasteiger partial charge in [0.25, 0.3) is 5.91 Å². The van der Waals surface area contributed by atoms with Gasteiger partial charge in [-0.15, -0.1) is 0 Å². The maximum Gasteiger partial charge on any atom is 0.326 e. The molecule has 5 heteroatoms. The number of aliphatic carboxylic acids is 1. The summed E-state index contributed by atoms with van der Waals surface area (Å²) in [5.74, 6) is -1.46. The number of pyridine rings is 1. The SMILES string of the molecule is CCCCCCCCC(NC(=O)c1cccc(-c2ccccc2)n1)C(=O)O. The Kier molecular flexibility index (Phi) is 8.49. The van der Waals surface area contributed by atoms with E-state index in [2.05, 4.69) is 17.2 Å². The Morgan fingerprint density at radius 1 is 0.963 bits per heavy atom. The molecule has 144 valence electrons. The van der Waals surface area contributed by atoms with E-state index in [0.29, 0.717) is 12.1 Å². The van der Waals surface area contributed by atoms with Crippen LogP contribution in [0.1, 0.15) is 62.4 Å². The van der Waals surface area contributed by atoms with Crippen molar-refractivity contribution in [1.29, 1.82) is 0 Å². The Morgan fingerprint density at radius 2 is 1.67 bits per heavy atom. The van der Waals surface area contributed by atoms with Crippen molar-refractivity contribution in [3.05, 3.63) is 54.2 Å². The largest absolute Gasteiger partial charge is 0.480 e. The molecule has 1 aromatic carbocycles. The van der Waals surface area contributed by atoms with Crippen LogP contribution in [-0.4, -0.2) is 28.0 Å². The minimum absolute atomic E-state index is 0.227. The van der Waals surface area contributed by atoms with Crippen LogP contribution in [0.4, 0.5) is 0 Å². The smallest absolute Gasteiger partial charge is 0.326 e. The van der Waals surface area contributed by atoms with Gasteiger partial charge in [-0.1, -0.05) is 81.8 Å². The highest BCUT2D eigenvalue weighted by Crippen LogP contribution is 2.16. The Balaban J connectivity index is 1.94. The molecule has 0 spiro atoms. The van der Waals surface area contributed by atoms with E-state index in [1.54, 1.807) is 12.1 Å². The van der Waals surface area contributed by atoms with Gasteiger partial charge in [-0.25, -0.2) is 9.78 Å². The van der Waals surface area contributed by atoms with Gasteiger partial charge >= 0.3 is 5.97 Å². The molecule has 0 aliphatic rings. The molecule has 1 unspecified atom stereocenters. The first-order valence-electron chi connectivity index (χ1n) is 9.68. The summed E-state index contributed by atoms with van der Waals surface area (Å²) < 4.78 is 0. The molecule has 0 saturated carbocycles. The highest BCUT2D eigenvalue weighted by Gasteiger charge is 2.21. The first kappa shape index (κ1) is 20.6. The molecule has 2 N–H and O–H groups in total. The number of benzene rings is 1. The number of nitrogens with zero attached hydrogens (tertiary/aromatic N) is 1. The van der Waals surface area contributed by atoms with Gasteiger partial charge < -0.3 is 10.4 Å². The predicted molar refractivity (Wildman–Crippen MR) is 107 cm³/mol. The lowest BCUT2D eigenvalue weighted by Crippen LogP contribution is -2.41. The highest BCUT2D eigenvalue weighted by molar-refractivity contribution is 5.95. The van der Waals surface area contributed by atoms with E-state index in [1.807, 2.05) is 36.4 Å². The van der Waals surface area contributed by atoms with Gasteiger partial charge in [-0.3, -0.25) is 4.79 Å². The number of aromatic nitrogens is 1. The third kappa shape index (κ3) is 6.85. The van der Waals surface area contributed by atoms with E-state index < -0.39 is 17.9 Å². The summed E-state index contributed by atoms with van der Waals surface area (Å²) in [6, 6.07) is 13.9. The minimum atomic E-state index is -1.00. The van der Waals surface area contributed by atoms with Crippen LogP contribution in [0.2, 0.25) is 0 Å². The van der Waals surface area contributed by atoms with Gasteiger partial charge in [0.05, 0.1) is 5.69 Å². The van der Waals surface area contributed by atoms with Crippen molar-refractivity contribution in [2.24, 2.45) is 0 Å². The second-order valence-electron chi connectivity index (χ2n) is 6.69. The number of unbranched alkanes of at least 4 members (excludes halogenated alkanes) is 5. The van der Waals surface area contributed by atoms with Gasteiger partial charge in [0.15, 0.2) is 0 Å². The average molecular weight is 368 g/mol. The van der Waals surface area contributed by atoms with Crippen LogP contribution in [0, 0.1) is 0 Å². The normalized spacial score (nSPS) is 11.7. The van der Waals surface area contributed by atoms with Gasteiger partial charge in [0.2, 0.25) is 0 Å². The molecule has 1 heterocycles. The van der Waals surface area contributed by atoms with Crippen LogP contribution in [0.25, 0.3) is 11.3 Å². The second kappa shape index (κ2) is 11.1. The summed E-state index contributed by atoms with van der Waals surface area (Å²) in [5, 5.41) is 12.0. The molecule has 0 radical (unpaired) electrons. The number of carboxylic acids is 1. The highest BCUT2D eigenvalue weighted by atomic mass is 16.4. The molecule has 1 atom stereocenters. The fraction of sp³-hybridized carbons (Fsp3) is 0.409. The van der Waals surface area contributed by atoms with Crippen molar-refractivity contribution >= 4 is 11.9 Å². The minimum Gasteiger partial charge on any atom is -0.480 e. The number of carboxylic acid groups (broad SMARTS) is 1. The third-order valence-electron chi connectivity index (χ3n) is 4.50. The average Bonchev–Trinajstić information content (AvgIpc) is 2.70. The third-order valence-corrected chi connectivity index (χ3v) is 4.50. The molecule has 2 aromatic rings. The molecular formula is C22H28N2O3. The molecule has 0 aliphatic heterocycles. The van der Waals surface area contributed by atoms with Crippen molar-refractivity contribution in [2.45, 2.75) is 57.9 Å². The molecular weight excluding hydrogens is 340 g/mol. The molecule has 27 heavy (non-hydrogen) atoms. The van der Waals surface area contributed by atoms with Crippen molar-refractivity contribution in [1.82, 2.24) is 10.3 Å². The number of rotatable bonds is 11. The number of carbonyl (C=O) groups excluding carboxylic acids is 1. The lowest BCUT2D eigenvalue weighted by atomic mass is 10.1. The molecule has 5 nitrogen and oxygen atoms in total. The number of amides is 1. The van der Waals surface area contributed by atoms with Crippen LogP contribution >= 0.6 is 0 Å².